The zero-order chi connectivity index (χ0) is 13.2. The van der Waals surface area contributed by atoms with E-state index in [9.17, 15) is 5.11 Å². The Morgan fingerprint density at radius 2 is 2.11 bits per heavy atom. The highest BCUT2D eigenvalue weighted by Crippen LogP contribution is 2.01. The van der Waals surface area contributed by atoms with Crippen molar-refractivity contribution in [2.75, 3.05) is 26.7 Å². The van der Waals surface area contributed by atoms with Gasteiger partial charge in [-0.15, -0.1) is 6.58 Å². The highest BCUT2D eigenvalue weighted by molar-refractivity contribution is 5.13. The third-order valence-electron chi connectivity index (χ3n) is 2.66. The fourth-order valence-electron chi connectivity index (χ4n) is 1.70. The second-order valence-corrected chi connectivity index (χ2v) is 4.49. The van der Waals surface area contributed by atoms with E-state index in [-0.39, 0.29) is 0 Å². The van der Waals surface area contributed by atoms with E-state index < -0.39 is 6.10 Å². The van der Waals surface area contributed by atoms with Crippen molar-refractivity contribution in [2.24, 2.45) is 0 Å². The summed E-state index contributed by atoms with van der Waals surface area (Å²) in [7, 11) is 1.99. The molecule has 1 N–H and O–H groups in total. The van der Waals surface area contributed by atoms with Crippen LogP contribution < -0.4 is 0 Å². The smallest absolute Gasteiger partial charge is 0.0900 e. The van der Waals surface area contributed by atoms with Crippen molar-refractivity contribution < 1.29 is 9.84 Å². The van der Waals surface area contributed by atoms with E-state index in [0.29, 0.717) is 19.8 Å². The number of aliphatic hydroxyl groups excluding tert-OH is 1. The van der Waals surface area contributed by atoms with E-state index in [4.69, 9.17) is 4.74 Å². The Balaban J connectivity index is 2.13. The maximum Gasteiger partial charge on any atom is 0.0900 e. The molecule has 3 nitrogen and oxygen atoms in total. The van der Waals surface area contributed by atoms with Crippen molar-refractivity contribution in [1.29, 1.82) is 0 Å². The lowest BCUT2D eigenvalue weighted by Gasteiger charge is -2.19. The molecule has 1 aromatic rings. The van der Waals surface area contributed by atoms with Crippen LogP contribution >= 0.6 is 0 Å². The Morgan fingerprint density at radius 1 is 1.39 bits per heavy atom. The summed E-state index contributed by atoms with van der Waals surface area (Å²) in [5, 5.41) is 9.80. The van der Waals surface area contributed by atoms with Gasteiger partial charge in [-0.05, 0) is 19.0 Å². The topological polar surface area (TPSA) is 32.7 Å². The third kappa shape index (κ3) is 6.55. The molecule has 1 aromatic carbocycles. The number of ether oxygens (including phenoxy) is 1. The first-order valence-electron chi connectivity index (χ1n) is 6.31. The Morgan fingerprint density at radius 3 is 2.78 bits per heavy atom. The minimum Gasteiger partial charge on any atom is -0.389 e. The normalized spacial score (nSPS) is 12.6. The van der Waals surface area contributed by atoms with E-state index >= 15 is 0 Å². The first-order valence-corrected chi connectivity index (χ1v) is 6.31. The fourth-order valence-corrected chi connectivity index (χ4v) is 1.70. The van der Waals surface area contributed by atoms with Crippen molar-refractivity contribution in [3.05, 3.63) is 48.6 Å². The highest BCUT2D eigenvalue weighted by atomic mass is 16.5. The lowest BCUT2D eigenvalue weighted by Crippen LogP contribution is -2.32. The predicted molar refractivity (Wildman–Crippen MR) is 74.4 cm³/mol. The molecule has 0 fully saturated rings. The number of aliphatic hydroxyl groups is 1. The number of benzene rings is 1. The molecule has 0 saturated heterocycles. The summed E-state index contributed by atoms with van der Waals surface area (Å²) in [4.78, 5) is 2.08. The summed E-state index contributed by atoms with van der Waals surface area (Å²) >= 11 is 0. The average molecular weight is 249 g/mol. The molecular weight excluding hydrogens is 226 g/mol. The number of hydrogen-bond acceptors (Lipinski definition) is 3. The molecule has 0 aliphatic rings. The number of nitrogens with zero attached hydrogens (tertiary/aromatic N) is 1. The number of likely N-dealkylation sites (N-methyl/N-ethyl adjacent to an activating group) is 1. The molecule has 0 bridgehead atoms. The maximum absolute atomic E-state index is 9.80. The third-order valence-corrected chi connectivity index (χ3v) is 2.66. The molecule has 3 heteroatoms. The van der Waals surface area contributed by atoms with E-state index in [0.717, 1.165) is 18.5 Å². The van der Waals surface area contributed by atoms with Crippen molar-refractivity contribution in [2.45, 2.75) is 19.1 Å². The Labute approximate surface area is 110 Å². The molecular formula is C15H23NO2. The highest BCUT2D eigenvalue weighted by Gasteiger charge is 2.07. The van der Waals surface area contributed by atoms with Gasteiger partial charge >= 0.3 is 0 Å². The van der Waals surface area contributed by atoms with Gasteiger partial charge in [0.1, 0.15) is 0 Å². The quantitative estimate of drug-likeness (QED) is 0.680. The zero-order valence-electron chi connectivity index (χ0n) is 11.1. The van der Waals surface area contributed by atoms with Gasteiger partial charge in [0.25, 0.3) is 0 Å². The molecule has 0 spiro atoms. The lowest BCUT2D eigenvalue weighted by atomic mass is 10.2. The van der Waals surface area contributed by atoms with Crippen molar-refractivity contribution >= 4 is 0 Å². The molecule has 0 radical (unpaired) electrons. The van der Waals surface area contributed by atoms with Gasteiger partial charge in [0, 0.05) is 13.1 Å². The van der Waals surface area contributed by atoms with Gasteiger partial charge in [0.2, 0.25) is 0 Å². The predicted octanol–water partition coefficient (Wildman–Crippen LogP) is 2.07. The average Bonchev–Trinajstić information content (AvgIpc) is 2.37. The molecule has 0 heterocycles. The first-order chi connectivity index (χ1) is 8.72. The van der Waals surface area contributed by atoms with Crippen LogP contribution in [0.1, 0.15) is 12.0 Å². The molecule has 0 aliphatic heterocycles. The van der Waals surface area contributed by atoms with Gasteiger partial charge in [-0.1, -0.05) is 36.4 Å². The van der Waals surface area contributed by atoms with Crippen LogP contribution in [0.3, 0.4) is 0 Å². The minimum atomic E-state index is -0.441. The Hall–Kier alpha value is -1.16. The Bertz CT molecular complexity index is 327. The number of rotatable bonds is 9. The van der Waals surface area contributed by atoms with E-state index in [1.807, 2.05) is 43.5 Å². The van der Waals surface area contributed by atoms with Crippen LogP contribution in [0.15, 0.2) is 43.0 Å². The van der Waals surface area contributed by atoms with Crippen LogP contribution in [-0.2, 0) is 11.3 Å². The summed E-state index contributed by atoms with van der Waals surface area (Å²) < 4.78 is 5.49. The summed E-state index contributed by atoms with van der Waals surface area (Å²) in [6.07, 6.45) is 2.38. The van der Waals surface area contributed by atoms with Crippen molar-refractivity contribution in [1.82, 2.24) is 4.90 Å². The molecule has 1 atom stereocenters. The summed E-state index contributed by atoms with van der Waals surface area (Å²) in [5.41, 5.74) is 1.13. The monoisotopic (exact) mass is 249 g/mol. The van der Waals surface area contributed by atoms with Crippen LogP contribution in [0.25, 0.3) is 0 Å². The van der Waals surface area contributed by atoms with Crippen LogP contribution in [0.2, 0.25) is 0 Å². The van der Waals surface area contributed by atoms with Gasteiger partial charge in [0.05, 0.1) is 19.3 Å². The molecule has 0 aromatic heterocycles. The standard InChI is InChI=1S/C15H23NO2/c1-3-4-10-16(2)11-15(17)13-18-12-14-8-6-5-7-9-14/h3,5-9,15,17H,1,4,10-13H2,2H3/t15-/m1/s1. The maximum atomic E-state index is 9.80. The molecule has 0 aliphatic carbocycles. The van der Waals surface area contributed by atoms with Crippen LogP contribution in [0.5, 0.6) is 0 Å². The summed E-state index contributed by atoms with van der Waals surface area (Å²) in [6.45, 7) is 6.14. The van der Waals surface area contributed by atoms with Gasteiger partial charge < -0.3 is 14.7 Å². The van der Waals surface area contributed by atoms with Gasteiger partial charge in [-0.25, -0.2) is 0 Å². The first kappa shape index (κ1) is 14.9. The molecule has 18 heavy (non-hydrogen) atoms. The zero-order valence-corrected chi connectivity index (χ0v) is 11.1. The lowest BCUT2D eigenvalue weighted by molar-refractivity contribution is 0.0139. The largest absolute Gasteiger partial charge is 0.389 e. The Kier molecular flexibility index (Phi) is 7.34. The SMILES string of the molecule is C=CCCN(C)C[C@@H](O)COCc1ccccc1. The summed E-state index contributed by atoms with van der Waals surface area (Å²) in [5.74, 6) is 0. The van der Waals surface area contributed by atoms with Crippen molar-refractivity contribution in [3.8, 4) is 0 Å². The van der Waals surface area contributed by atoms with Crippen molar-refractivity contribution in [3.63, 3.8) is 0 Å². The summed E-state index contributed by atoms with van der Waals surface area (Å²) in [6, 6.07) is 9.98. The van der Waals surface area contributed by atoms with Crippen LogP contribution in [-0.4, -0.2) is 42.9 Å². The van der Waals surface area contributed by atoms with E-state index in [1.54, 1.807) is 0 Å². The van der Waals surface area contributed by atoms with Crippen LogP contribution in [0, 0.1) is 0 Å². The second-order valence-electron chi connectivity index (χ2n) is 4.49. The molecule has 0 saturated carbocycles. The van der Waals surface area contributed by atoms with Gasteiger partial charge in [-0.3, -0.25) is 0 Å². The fraction of sp³-hybridized carbons (Fsp3) is 0.467. The molecule has 0 unspecified atom stereocenters. The second kappa shape index (κ2) is 8.86. The minimum absolute atomic E-state index is 0.368. The van der Waals surface area contributed by atoms with Gasteiger partial charge in [-0.2, -0.15) is 0 Å². The van der Waals surface area contributed by atoms with E-state index in [1.165, 1.54) is 0 Å². The molecule has 1 rings (SSSR count). The van der Waals surface area contributed by atoms with Gasteiger partial charge in [0.15, 0.2) is 0 Å². The molecule has 0 amide bonds. The van der Waals surface area contributed by atoms with E-state index in [2.05, 4.69) is 11.5 Å². The molecule has 100 valence electrons. The van der Waals surface area contributed by atoms with Crippen LogP contribution in [0.4, 0.5) is 0 Å². The number of hydrogen-bond donors (Lipinski definition) is 1.